The number of rotatable bonds is 7. The second-order valence-electron chi connectivity index (χ2n) is 9.17. The van der Waals surface area contributed by atoms with Crippen molar-refractivity contribution in [1.82, 2.24) is 15.1 Å². The molecule has 10 nitrogen and oxygen atoms in total. The molecule has 0 saturated carbocycles. The molecule has 0 bridgehead atoms. The summed E-state index contributed by atoms with van der Waals surface area (Å²) in [6, 6.07) is 7.01. The molecule has 2 aliphatic rings. The maximum Gasteiger partial charge on any atom is 0.246 e. The Hall–Kier alpha value is -2.98. The normalized spacial score (nSPS) is 22.0. The number of hydrogen-bond acceptors (Lipinski definition) is 6. The smallest absolute Gasteiger partial charge is 0.246 e. The van der Waals surface area contributed by atoms with E-state index in [0.717, 1.165) is 0 Å². The van der Waals surface area contributed by atoms with Gasteiger partial charge < -0.3 is 31.7 Å². The first-order chi connectivity index (χ1) is 16.6. The highest BCUT2D eigenvalue weighted by Gasteiger charge is 2.43. The summed E-state index contributed by atoms with van der Waals surface area (Å²) in [5.41, 5.74) is 12.4. The molecular weight excluding hydrogens is 450 g/mol. The predicted octanol–water partition coefficient (Wildman–Crippen LogP) is 0.0516. The van der Waals surface area contributed by atoms with Crippen LogP contribution in [-0.2, 0) is 19.2 Å². The van der Waals surface area contributed by atoms with Gasteiger partial charge in [-0.3, -0.25) is 19.2 Å². The Morgan fingerprint density at radius 2 is 1.63 bits per heavy atom. The van der Waals surface area contributed by atoms with Crippen molar-refractivity contribution in [3.63, 3.8) is 0 Å². The number of nitrogens with two attached hydrogens (primary N) is 2. The van der Waals surface area contributed by atoms with E-state index < -0.39 is 48.0 Å². The molecule has 5 unspecified atom stereocenters. The van der Waals surface area contributed by atoms with Gasteiger partial charge in [-0.15, -0.1) is 0 Å². The van der Waals surface area contributed by atoms with Crippen LogP contribution < -0.4 is 16.8 Å². The average molecular weight is 490 g/mol. The summed E-state index contributed by atoms with van der Waals surface area (Å²) in [6.45, 7) is 6.05. The largest absolute Gasteiger partial charge is 0.391 e. The minimum Gasteiger partial charge on any atom is -0.391 e. The van der Waals surface area contributed by atoms with Gasteiger partial charge in [-0.05, 0) is 46.0 Å². The van der Waals surface area contributed by atoms with Gasteiger partial charge in [0.25, 0.3) is 0 Å². The number of aryl methyl sites for hydroxylation is 1. The Balaban J connectivity index is 0.000000527. The van der Waals surface area contributed by atoms with Gasteiger partial charge in [0, 0.05) is 13.1 Å². The van der Waals surface area contributed by atoms with Crippen LogP contribution in [0.15, 0.2) is 30.3 Å². The van der Waals surface area contributed by atoms with Crippen LogP contribution in [0.25, 0.3) is 0 Å². The number of hydrogen-bond donors (Lipinski definition) is 4. The standard InChI is InChI=1S/C18H31N5O5.C7H8/c1-3-11(15(20)25)21-16(26)12-6-4-8-22(12)17(27)13-7-5-9-23(13)18(28)14(19)10(2)24;1-7-5-3-2-4-6-7/h10-14,24H,3-9,19H2,1-2H3,(H2,20,25)(H,21,26);2-6H,1H3. The lowest BCUT2D eigenvalue weighted by Crippen LogP contribution is -2.57. The van der Waals surface area contributed by atoms with Crippen LogP contribution in [0.1, 0.15) is 51.5 Å². The monoisotopic (exact) mass is 489 g/mol. The third kappa shape index (κ3) is 7.50. The van der Waals surface area contributed by atoms with Crippen molar-refractivity contribution in [3.05, 3.63) is 35.9 Å². The maximum absolute atomic E-state index is 13.1. The number of nitrogens with zero attached hydrogens (tertiary/aromatic N) is 2. The SMILES string of the molecule is CCC(NC(=O)C1CCCN1C(=O)C1CCCN1C(=O)C(N)C(C)O)C(N)=O.Cc1ccccc1. The predicted molar refractivity (Wildman–Crippen MR) is 132 cm³/mol. The minimum atomic E-state index is -1.09. The summed E-state index contributed by atoms with van der Waals surface area (Å²) < 4.78 is 0. The second-order valence-corrected chi connectivity index (χ2v) is 9.17. The first-order valence-corrected chi connectivity index (χ1v) is 12.2. The van der Waals surface area contributed by atoms with Crippen LogP contribution in [0.5, 0.6) is 0 Å². The van der Waals surface area contributed by atoms with Crippen LogP contribution >= 0.6 is 0 Å². The Kier molecular flexibility index (Phi) is 10.7. The molecule has 0 spiro atoms. The number of aliphatic hydroxyl groups excluding tert-OH is 1. The summed E-state index contributed by atoms with van der Waals surface area (Å²) in [6.07, 6.45) is 1.63. The van der Waals surface area contributed by atoms with Crippen molar-refractivity contribution in [2.45, 2.75) is 83.1 Å². The Bertz CT molecular complexity index is 878. The number of amides is 4. The molecular formula is C25H39N5O5. The Morgan fingerprint density at radius 3 is 2.11 bits per heavy atom. The molecule has 0 aromatic heterocycles. The van der Waals surface area contributed by atoms with E-state index in [-0.39, 0.29) is 5.91 Å². The molecule has 3 rings (SSSR count). The number of likely N-dealkylation sites (tertiary alicyclic amines) is 2. The molecule has 194 valence electrons. The number of nitrogens with one attached hydrogen (secondary N) is 1. The highest BCUT2D eigenvalue weighted by atomic mass is 16.3. The first-order valence-electron chi connectivity index (χ1n) is 12.2. The molecule has 2 fully saturated rings. The maximum atomic E-state index is 13.1. The molecule has 0 radical (unpaired) electrons. The van der Waals surface area contributed by atoms with E-state index in [0.29, 0.717) is 45.2 Å². The van der Waals surface area contributed by atoms with Gasteiger partial charge in [0.05, 0.1) is 6.10 Å². The summed E-state index contributed by atoms with van der Waals surface area (Å²) in [4.78, 5) is 52.5. The van der Waals surface area contributed by atoms with Crippen LogP contribution in [0.3, 0.4) is 0 Å². The lowest BCUT2D eigenvalue weighted by molar-refractivity contribution is -0.148. The lowest BCUT2D eigenvalue weighted by atomic mass is 10.1. The van der Waals surface area contributed by atoms with Crippen molar-refractivity contribution in [1.29, 1.82) is 0 Å². The Morgan fingerprint density at radius 1 is 1.06 bits per heavy atom. The number of aliphatic hydroxyl groups is 1. The second kappa shape index (κ2) is 13.2. The molecule has 0 aliphatic carbocycles. The van der Waals surface area contributed by atoms with Gasteiger partial charge in [-0.1, -0.05) is 42.8 Å². The molecule has 5 atom stereocenters. The van der Waals surface area contributed by atoms with E-state index in [1.807, 2.05) is 18.2 Å². The molecule has 6 N–H and O–H groups in total. The van der Waals surface area contributed by atoms with Crippen molar-refractivity contribution >= 4 is 23.6 Å². The quantitative estimate of drug-likeness (QED) is 0.424. The average Bonchev–Trinajstić information content (AvgIpc) is 3.52. The third-order valence-electron chi connectivity index (χ3n) is 6.47. The molecule has 4 amide bonds. The molecule has 1 aromatic rings. The van der Waals surface area contributed by atoms with Crippen LogP contribution in [0.4, 0.5) is 0 Å². The summed E-state index contributed by atoms with van der Waals surface area (Å²) >= 11 is 0. The minimum absolute atomic E-state index is 0.298. The number of carbonyl (C=O) groups excluding carboxylic acids is 4. The first kappa shape index (κ1) is 28.3. The van der Waals surface area contributed by atoms with Crippen molar-refractivity contribution < 1.29 is 24.3 Å². The van der Waals surface area contributed by atoms with Crippen molar-refractivity contribution in [2.75, 3.05) is 13.1 Å². The van der Waals surface area contributed by atoms with Gasteiger partial charge in [0.15, 0.2) is 0 Å². The molecule has 2 saturated heterocycles. The molecule has 2 heterocycles. The number of primary amides is 1. The Labute approximate surface area is 207 Å². The van der Waals surface area contributed by atoms with E-state index in [1.165, 1.54) is 22.3 Å². The summed E-state index contributed by atoms with van der Waals surface area (Å²) in [7, 11) is 0. The fourth-order valence-corrected chi connectivity index (χ4v) is 4.36. The van der Waals surface area contributed by atoms with Gasteiger partial charge in [-0.25, -0.2) is 0 Å². The lowest BCUT2D eigenvalue weighted by Gasteiger charge is -2.32. The summed E-state index contributed by atoms with van der Waals surface area (Å²) in [5.74, 6) is -1.79. The highest BCUT2D eigenvalue weighted by Crippen LogP contribution is 2.25. The zero-order valence-corrected chi connectivity index (χ0v) is 20.9. The number of benzene rings is 1. The highest BCUT2D eigenvalue weighted by molar-refractivity contribution is 5.95. The number of carbonyl (C=O) groups is 4. The zero-order valence-electron chi connectivity index (χ0n) is 20.9. The molecule has 35 heavy (non-hydrogen) atoms. The molecule has 10 heteroatoms. The van der Waals surface area contributed by atoms with Crippen LogP contribution in [0, 0.1) is 6.92 Å². The van der Waals surface area contributed by atoms with E-state index in [4.69, 9.17) is 11.5 Å². The van der Waals surface area contributed by atoms with Crippen LogP contribution in [-0.4, -0.2) is 81.9 Å². The van der Waals surface area contributed by atoms with E-state index in [9.17, 15) is 24.3 Å². The van der Waals surface area contributed by atoms with Gasteiger partial charge in [-0.2, -0.15) is 0 Å². The third-order valence-corrected chi connectivity index (χ3v) is 6.47. The van der Waals surface area contributed by atoms with Gasteiger partial charge >= 0.3 is 0 Å². The van der Waals surface area contributed by atoms with E-state index in [1.54, 1.807) is 6.92 Å². The van der Waals surface area contributed by atoms with Crippen LogP contribution in [0.2, 0.25) is 0 Å². The fourth-order valence-electron chi connectivity index (χ4n) is 4.36. The molecule has 2 aliphatic heterocycles. The topological polar surface area (TPSA) is 159 Å². The fraction of sp³-hybridized carbons (Fsp3) is 0.600. The zero-order chi connectivity index (χ0) is 26.1. The van der Waals surface area contributed by atoms with E-state index in [2.05, 4.69) is 24.4 Å². The van der Waals surface area contributed by atoms with Gasteiger partial charge in [0.1, 0.15) is 24.2 Å². The van der Waals surface area contributed by atoms with E-state index >= 15 is 0 Å². The molecule has 1 aromatic carbocycles. The van der Waals surface area contributed by atoms with Crippen molar-refractivity contribution in [3.8, 4) is 0 Å². The summed E-state index contributed by atoms with van der Waals surface area (Å²) in [5, 5.41) is 12.2. The van der Waals surface area contributed by atoms with Crippen molar-refractivity contribution in [2.24, 2.45) is 11.5 Å². The van der Waals surface area contributed by atoms with Gasteiger partial charge in [0.2, 0.25) is 23.6 Å².